The van der Waals surface area contributed by atoms with E-state index in [0.29, 0.717) is 6.54 Å². The lowest BCUT2D eigenvalue weighted by Crippen LogP contribution is -2.53. The monoisotopic (exact) mass is 264 g/mol. The van der Waals surface area contributed by atoms with Crippen molar-refractivity contribution in [3.63, 3.8) is 0 Å². The van der Waals surface area contributed by atoms with Crippen molar-refractivity contribution in [2.45, 2.75) is 31.8 Å². The average molecular weight is 265 g/mol. The highest BCUT2D eigenvalue weighted by molar-refractivity contribution is 5.96. The second kappa shape index (κ2) is 7.47. The number of amides is 3. The van der Waals surface area contributed by atoms with Crippen LogP contribution in [0.15, 0.2) is 0 Å². The molecule has 2 atom stereocenters. The summed E-state index contributed by atoms with van der Waals surface area (Å²) in [5, 5.41) is 4.62. The van der Waals surface area contributed by atoms with Gasteiger partial charge in [-0.25, -0.2) is 4.79 Å². The molecule has 1 rings (SSSR count). The van der Waals surface area contributed by atoms with Crippen LogP contribution in [0, 0.1) is 0 Å². The minimum Gasteiger partial charge on any atom is -0.341 e. The number of hydrogen-bond acceptors (Lipinski definition) is 4. The molecule has 0 aromatic carbocycles. The summed E-state index contributed by atoms with van der Waals surface area (Å²) in [7, 11) is 1.48. The van der Waals surface area contributed by atoms with E-state index in [4.69, 9.17) is 5.73 Å². The lowest BCUT2D eigenvalue weighted by atomic mass is 10.0. The Morgan fingerprint density at radius 3 is 2.65 bits per heavy atom. The molecule has 17 heavy (non-hydrogen) atoms. The third-order valence-corrected chi connectivity index (χ3v) is 2.88. The van der Waals surface area contributed by atoms with Crippen LogP contribution in [0.4, 0.5) is 4.79 Å². The summed E-state index contributed by atoms with van der Waals surface area (Å²) in [4.78, 5) is 24.7. The van der Waals surface area contributed by atoms with Crippen molar-refractivity contribution >= 4 is 24.3 Å². The summed E-state index contributed by atoms with van der Waals surface area (Å²) < 4.78 is 0. The second-order valence-electron chi connectivity index (χ2n) is 4.14. The number of hydrogen-bond donors (Lipinski definition) is 3. The van der Waals surface area contributed by atoms with Gasteiger partial charge in [-0.1, -0.05) is 0 Å². The number of likely N-dealkylation sites (tertiary alicyclic amines) is 1. The van der Waals surface area contributed by atoms with Crippen LogP contribution in [0.2, 0.25) is 0 Å². The molecule has 1 aliphatic heterocycles. The first kappa shape index (κ1) is 16.1. The Hall–Kier alpha value is -0.850. The molecule has 0 aliphatic carbocycles. The Bertz CT molecular complexity index is 275. The number of nitrogens with zero attached hydrogens (tertiary/aromatic N) is 1. The Balaban J connectivity index is 0.00000256. The average Bonchev–Trinajstić information content (AvgIpc) is 2.27. The molecule has 1 unspecified atom stereocenters. The minimum absolute atomic E-state index is 0. The van der Waals surface area contributed by atoms with Gasteiger partial charge in [0.25, 0.3) is 0 Å². The number of urea groups is 1. The molecule has 1 aliphatic rings. The highest BCUT2D eigenvalue weighted by Gasteiger charge is 2.26. The quantitative estimate of drug-likeness (QED) is 0.638. The van der Waals surface area contributed by atoms with Gasteiger partial charge in [0.1, 0.15) is 0 Å². The first-order valence-corrected chi connectivity index (χ1v) is 5.56. The van der Waals surface area contributed by atoms with E-state index in [9.17, 15) is 9.59 Å². The summed E-state index contributed by atoms with van der Waals surface area (Å²) in [5.41, 5.74) is 5.84. The summed E-state index contributed by atoms with van der Waals surface area (Å²) in [5.74, 6) is -0.284. The molecule has 1 fully saturated rings. The van der Waals surface area contributed by atoms with E-state index < -0.39 is 6.03 Å². The molecule has 100 valence electrons. The number of halogens is 1. The highest BCUT2D eigenvalue weighted by Crippen LogP contribution is 2.11. The molecule has 0 radical (unpaired) electrons. The van der Waals surface area contributed by atoms with Gasteiger partial charge in [-0.3, -0.25) is 15.0 Å². The molecule has 7 heteroatoms. The molecule has 0 saturated carbocycles. The highest BCUT2D eigenvalue weighted by atomic mass is 35.5. The Labute approximate surface area is 108 Å². The Kier molecular flexibility index (Phi) is 7.10. The van der Waals surface area contributed by atoms with Crippen molar-refractivity contribution < 1.29 is 9.59 Å². The number of carbonyl (C=O) groups is 2. The predicted molar refractivity (Wildman–Crippen MR) is 68.1 cm³/mol. The van der Waals surface area contributed by atoms with Crippen molar-refractivity contribution in [2.24, 2.45) is 5.73 Å². The number of nitrogens with one attached hydrogen (secondary N) is 2. The standard InChI is InChI=1S/C10H20N4O2.ClH/c1-7(9(15)13-10(16)12-2)14-5-3-4-8(11)6-14;/h7-8H,3-6,11H2,1-2H3,(H2,12,13,15,16);1H/t7?,8-;/m1./s1. The molecular formula is C10H21ClN4O2. The topological polar surface area (TPSA) is 87.5 Å². The van der Waals surface area contributed by atoms with Gasteiger partial charge in [0, 0.05) is 19.6 Å². The molecule has 6 nitrogen and oxygen atoms in total. The fourth-order valence-electron chi connectivity index (χ4n) is 1.84. The Morgan fingerprint density at radius 2 is 2.12 bits per heavy atom. The zero-order chi connectivity index (χ0) is 12.1. The lowest BCUT2D eigenvalue weighted by molar-refractivity contribution is -0.125. The summed E-state index contributed by atoms with van der Waals surface area (Å²) in [6, 6.07) is -0.661. The van der Waals surface area contributed by atoms with E-state index in [0.717, 1.165) is 19.4 Å². The molecule has 0 spiro atoms. The molecule has 0 aromatic heterocycles. The molecular weight excluding hydrogens is 244 g/mol. The maximum absolute atomic E-state index is 11.7. The third-order valence-electron chi connectivity index (χ3n) is 2.88. The lowest BCUT2D eigenvalue weighted by Gasteiger charge is -2.34. The fourth-order valence-corrected chi connectivity index (χ4v) is 1.84. The van der Waals surface area contributed by atoms with Crippen LogP contribution < -0.4 is 16.4 Å². The Morgan fingerprint density at radius 1 is 1.47 bits per heavy atom. The minimum atomic E-state index is -0.474. The van der Waals surface area contributed by atoms with Crippen molar-refractivity contribution in [2.75, 3.05) is 20.1 Å². The fraction of sp³-hybridized carbons (Fsp3) is 0.800. The smallest absolute Gasteiger partial charge is 0.321 e. The zero-order valence-corrected chi connectivity index (χ0v) is 11.0. The molecule has 3 amide bonds. The van der Waals surface area contributed by atoms with Gasteiger partial charge in [0.15, 0.2) is 0 Å². The third kappa shape index (κ3) is 4.89. The number of imide groups is 1. The van der Waals surface area contributed by atoms with Gasteiger partial charge in [-0.15, -0.1) is 12.4 Å². The van der Waals surface area contributed by atoms with E-state index >= 15 is 0 Å². The van der Waals surface area contributed by atoms with E-state index in [1.54, 1.807) is 6.92 Å². The summed E-state index contributed by atoms with van der Waals surface area (Å²) in [6.07, 6.45) is 2.00. The molecule has 1 saturated heterocycles. The SMILES string of the molecule is CNC(=O)NC(=O)C(C)N1CCC[C@@H](N)C1.Cl. The zero-order valence-electron chi connectivity index (χ0n) is 10.2. The number of nitrogens with two attached hydrogens (primary N) is 1. The molecule has 1 heterocycles. The first-order valence-electron chi connectivity index (χ1n) is 5.56. The normalized spacial score (nSPS) is 22.2. The van der Waals surface area contributed by atoms with E-state index in [1.165, 1.54) is 7.05 Å². The van der Waals surface area contributed by atoms with Crippen molar-refractivity contribution in [3.05, 3.63) is 0 Å². The van der Waals surface area contributed by atoms with Crippen LogP contribution in [0.3, 0.4) is 0 Å². The van der Waals surface area contributed by atoms with Gasteiger partial charge >= 0.3 is 6.03 Å². The molecule has 0 aromatic rings. The van der Waals surface area contributed by atoms with Crippen LogP contribution in [-0.4, -0.2) is 49.1 Å². The van der Waals surface area contributed by atoms with Crippen molar-refractivity contribution in [3.8, 4) is 0 Å². The van der Waals surface area contributed by atoms with E-state index in [2.05, 4.69) is 10.6 Å². The van der Waals surface area contributed by atoms with Crippen LogP contribution in [0.1, 0.15) is 19.8 Å². The van der Waals surface area contributed by atoms with Gasteiger partial charge in [-0.05, 0) is 26.3 Å². The number of rotatable bonds is 2. The number of carbonyl (C=O) groups excluding carboxylic acids is 2. The van der Waals surface area contributed by atoms with Gasteiger partial charge in [0.2, 0.25) is 5.91 Å². The van der Waals surface area contributed by atoms with Gasteiger partial charge in [0.05, 0.1) is 6.04 Å². The largest absolute Gasteiger partial charge is 0.341 e. The predicted octanol–water partition coefficient (Wildman–Crippen LogP) is -0.325. The van der Waals surface area contributed by atoms with Gasteiger partial charge in [-0.2, -0.15) is 0 Å². The first-order chi connectivity index (χ1) is 7.54. The summed E-state index contributed by atoms with van der Waals surface area (Å²) in [6.45, 7) is 3.36. The van der Waals surface area contributed by atoms with Crippen molar-refractivity contribution in [1.82, 2.24) is 15.5 Å². The maximum Gasteiger partial charge on any atom is 0.321 e. The van der Waals surface area contributed by atoms with Crippen molar-refractivity contribution in [1.29, 1.82) is 0 Å². The van der Waals surface area contributed by atoms with Crippen LogP contribution in [0.5, 0.6) is 0 Å². The number of piperidine rings is 1. The van der Waals surface area contributed by atoms with Crippen LogP contribution in [0.25, 0.3) is 0 Å². The van der Waals surface area contributed by atoms with Crippen LogP contribution >= 0.6 is 12.4 Å². The second-order valence-corrected chi connectivity index (χ2v) is 4.14. The maximum atomic E-state index is 11.7. The molecule has 4 N–H and O–H groups in total. The van der Waals surface area contributed by atoms with Crippen LogP contribution in [-0.2, 0) is 4.79 Å². The van der Waals surface area contributed by atoms with E-state index in [-0.39, 0.29) is 30.4 Å². The van der Waals surface area contributed by atoms with E-state index in [1.807, 2.05) is 4.90 Å². The summed E-state index contributed by atoms with van der Waals surface area (Å²) >= 11 is 0. The molecule has 0 bridgehead atoms. The van der Waals surface area contributed by atoms with Gasteiger partial charge < -0.3 is 11.1 Å².